The van der Waals surface area contributed by atoms with E-state index < -0.39 is 40.3 Å². The van der Waals surface area contributed by atoms with E-state index in [1.54, 1.807) is 18.2 Å². The first kappa shape index (κ1) is 28.4. The Kier molecular flexibility index (Phi) is 8.46. The fourth-order valence-corrected chi connectivity index (χ4v) is 6.78. The summed E-state index contributed by atoms with van der Waals surface area (Å²) in [4.78, 5) is 46.1. The van der Waals surface area contributed by atoms with Crippen LogP contribution in [-0.4, -0.2) is 72.7 Å². The molecule has 2 aliphatic heterocycles. The molecule has 1 N–H and O–H groups in total. The molecule has 0 spiro atoms. The Morgan fingerprint density at radius 1 is 1.10 bits per heavy atom. The smallest absolute Gasteiger partial charge is 0.269 e. The molecule has 41 heavy (non-hydrogen) atoms. The zero-order chi connectivity index (χ0) is 29.0. The molecule has 1 fully saturated rings. The highest BCUT2D eigenvalue weighted by Crippen LogP contribution is 2.31. The Labute approximate surface area is 239 Å². The predicted molar refractivity (Wildman–Crippen MR) is 150 cm³/mol. The minimum Gasteiger partial charge on any atom is -0.376 e. The molecule has 2 atom stereocenters. The molecule has 1 aromatic heterocycles. The number of carbonyl (C=O) groups is 3. The van der Waals surface area contributed by atoms with Crippen LogP contribution in [0.1, 0.15) is 45.9 Å². The van der Waals surface area contributed by atoms with E-state index in [0.29, 0.717) is 22.9 Å². The molecule has 2 aliphatic rings. The average Bonchev–Trinajstić information content (AvgIpc) is 3.57. The molecule has 5 rings (SSSR count). The first-order valence-electron chi connectivity index (χ1n) is 13.6. The summed E-state index contributed by atoms with van der Waals surface area (Å²) in [5, 5.41) is 2.92. The van der Waals surface area contributed by atoms with Crippen LogP contribution >= 0.6 is 0 Å². The number of carbonyl (C=O) groups excluding carboxylic acids is 3. The maximum atomic E-state index is 14.0. The molecular weight excluding hydrogens is 544 g/mol. The SMILES string of the molecule is Cc1ccccc1CCN(C(=O)CN1C(=O)c2ccccc2S1(=O)=O)[C@@H](C(=O)NC[C@@H]1CCCO1)c1ccncc1. The van der Waals surface area contributed by atoms with Crippen LogP contribution in [0, 0.1) is 6.92 Å². The Morgan fingerprint density at radius 2 is 1.83 bits per heavy atom. The van der Waals surface area contributed by atoms with Crippen molar-refractivity contribution in [1.29, 1.82) is 0 Å². The van der Waals surface area contributed by atoms with Gasteiger partial charge in [0.1, 0.15) is 17.5 Å². The van der Waals surface area contributed by atoms with Crippen molar-refractivity contribution in [2.45, 2.75) is 43.2 Å². The van der Waals surface area contributed by atoms with Crippen molar-refractivity contribution < 1.29 is 27.5 Å². The number of nitrogens with zero attached hydrogens (tertiary/aromatic N) is 3. The molecule has 214 valence electrons. The van der Waals surface area contributed by atoms with Crippen LogP contribution in [0.15, 0.2) is 78.0 Å². The third-order valence-corrected chi connectivity index (χ3v) is 9.29. The van der Waals surface area contributed by atoms with E-state index in [4.69, 9.17) is 4.74 Å². The normalized spacial score (nSPS) is 18.1. The fourth-order valence-electron chi connectivity index (χ4n) is 5.27. The molecule has 0 radical (unpaired) electrons. The van der Waals surface area contributed by atoms with Crippen LogP contribution in [0.4, 0.5) is 0 Å². The van der Waals surface area contributed by atoms with E-state index in [9.17, 15) is 22.8 Å². The summed E-state index contributed by atoms with van der Waals surface area (Å²) in [6.07, 6.45) is 5.11. The quantitative estimate of drug-likeness (QED) is 0.393. The molecule has 0 bridgehead atoms. The van der Waals surface area contributed by atoms with E-state index >= 15 is 0 Å². The highest BCUT2D eigenvalue weighted by Gasteiger charge is 2.43. The van der Waals surface area contributed by atoms with Gasteiger partial charge in [-0.3, -0.25) is 19.4 Å². The molecule has 11 heteroatoms. The van der Waals surface area contributed by atoms with Crippen molar-refractivity contribution in [3.05, 3.63) is 95.3 Å². The molecular formula is C30H32N4O6S. The van der Waals surface area contributed by atoms with Gasteiger partial charge in [-0.25, -0.2) is 12.7 Å². The van der Waals surface area contributed by atoms with Gasteiger partial charge in [0.15, 0.2) is 0 Å². The molecule has 3 heterocycles. The molecule has 2 aromatic carbocycles. The van der Waals surface area contributed by atoms with Gasteiger partial charge >= 0.3 is 0 Å². The van der Waals surface area contributed by atoms with E-state index in [-0.39, 0.29) is 29.7 Å². The summed E-state index contributed by atoms with van der Waals surface area (Å²) >= 11 is 0. The van der Waals surface area contributed by atoms with Gasteiger partial charge in [-0.2, -0.15) is 0 Å². The summed E-state index contributed by atoms with van der Waals surface area (Å²) in [5.41, 5.74) is 2.54. The number of pyridine rings is 1. The second kappa shape index (κ2) is 12.2. The Balaban J connectivity index is 1.47. The van der Waals surface area contributed by atoms with Crippen LogP contribution in [0.25, 0.3) is 0 Å². The van der Waals surface area contributed by atoms with Gasteiger partial charge in [-0.15, -0.1) is 0 Å². The maximum Gasteiger partial charge on any atom is 0.269 e. The van der Waals surface area contributed by atoms with E-state index in [1.807, 2.05) is 31.2 Å². The zero-order valence-electron chi connectivity index (χ0n) is 22.7. The second-order valence-corrected chi connectivity index (χ2v) is 12.0. The van der Waals surface area contributed by atoms with E-state index in [0.717, 1.165) is 24.0 Å². The number of amides is 3. The summed E-state index contributed by atoms with van der Waals surface area (Å²) in [5.74, 6) is -1.86. The van der Waals surface area contributed by atoms with Gasteiger partial charge in [-0.05, 0) is 67.1 Å². The molecule has 10 nitrogen and oxygen atoms in total. The lowest BCUT2D eigenvalue weighted by Crippen LogP contribution is -2.49. The van der Waals surface area contributed by atoms with Gasteiger partial charge in [0.25, 0.3) is 15.9 Å². The lowest BCUT2D eigenvalue weighted by atomic mass is 10.0. The number of aromatic nitrogens is 1. The number of ether oxygens (including phenoxy) is 1. The zero-order valence-corrected chi connectivity index (χ0v) is 23.5. The minimum absolute atomic E-state index is 0.0201. The van der Waals surface area contributed by atoms with Crippen molar-refractivity contribution in [1.82, 2.24) is 19.5 Å². The van der Waals surface area contributed by atoms with Crippen molar-refractivity contribution >= 4 is 27.7 Å². The Bertz CT molecular complexity index is 1540. The molecule has 3 amide bonds. The third kappa shape index (κ3) is 6.01. The third-order valence-electron chi connectivity index (χ3n) is 7.50. The molecule has 0 unspecified atom stereocenters. The maximum absolute atomic E-state index is 14.0. The van der Waals surface area contributed by atoms with Gasteiger partial charge in [0.05, 0.1) is 11.7 Å². The lowest BCUT2D eigenvalue weighted by molar-refractivity contribution is -0.141. The van der Waals surface area contributed by atoms with Crippen molar-refractivity contribution in [2.75, 3.05) is 26.2 Å². The number of nitrogens with one attached hydrogen (secondary N) is 1. The number of benzene rings is 2. The van der Waals surface area contributed by atoms with Crippen LogP contribution in [-0.2, 0) is 30.8 Å². The number of sulfonamides is 1. The Hall–Kier alpha value is -4.09. The van der Waals surface area contributed by atoms with Crippen molar-refractivity contribution in [3.63, 3.8) is 0 Å². The number of fused-ring (bicyclic) bond motifs is 1. The average molecular weight is 577 g/mol. The lowest BCUT2D eigenvalue weighted by Gasteiger charge is -2.33. The summed E-state index contributed by atoms with van der Waals surface area (Å²) in [6.45, 7) is 2.26. The van der Waals surface area contributed by atoms with E-state index in [2.05, 4.69) is 10.3 Å². The van der Waals surface area contributed by atoms with Gasteiger partial charge in [-0.1, -0.05) is 36.4 Å². The second-order valence-electron chi connectivity index (χ2n) is 10.1. The Morgan fingerprint density at radius 3 is 2.54 bits per heavy atom. The standard InChI is InChI=1S/C30H32N4O6S/c1-21-7-2-3-8-22(21)14-17-33(27(35)20-34-30(37)25-10-4-5-11-26(25)41(34,38)39)28(23-12-15-31-16-13-23)29(36)32-19-24-9-6-18-40-24/h2-5,7-8,10-13,15-16,24,28H,6,9,14,17-20H2,1H3,(H,32,36)/t24-,28+/m0/s1. The highest BCUT2D eigenvalue weighted by atomic mass is 32.2. The van der Waals surface area contributed by atoms with Crippen LogP contribution < -0.4 is 5.32 Å². The number of hydrogen-bond acceptors (Lipinski definition) is 7. The van der Waals surface area contributed by atoms with Crippen molar-refractivity contribution in [2.24, 2.45) is 0 Å². The molecule has 3 aromatic rings. The first-order chi connectivity index (χ1) is 19.8. The van der Waals surface area contributed by atoms with E-state index in [1.165, 1.54) is 35.5 Å². The highest BCUT2D eigenvalue weighted by molar-refractivity contribution is 7.90. The fraction of sp³-hybridized carbons (Fsp3) is 0.333. The first-order valence-corrected chi connectivity index (χ1v) is 15.0. The number of rotatable bonds is 10. The largest absolute Gasteiger partial charge is 0.376 e. The topological polar surface area (TPSA) is 126 Å². The van der Waals surface area contributed by atoms with Gasteiger partial charge in [0, 0.05) is 32.1 Å². The number of hydrogen-bond donors (Lipinski definition) is 1. The summed E-state index contributed by atoms with van der Waals surface area (Å²) in [6, 6.07) is 15.8. The van der Waals surface area contributed by atoms with Crippen molar-refractivity contribution in [3.8, 4) is 0 Å². The monoisotopic (exact) mass is 576 g/mol. The predicted octanol–water partition coefficient (Wildman–Crippen LogP) is 2.64. The summed E-state index contributed by atoms with van der Waals surface area (Å²) in [7, 11) is -4.22. The number of aryl methyl sites for hydroxylation is 1. The van der Waals surface area contributed by atoms with Crippen LogP contribution in [0.3, 0.4) is 0 Å². The molecule has 0 aliphatic carbocycles. The van der Waals surface area contributed by atoms with Crippen LogP contribution in [0.5, 0.6) is 0 Å². The molecule has 1 saturated heterocycles. The minimum atomic E-state index is -4.22. The molecule has 0 saturated carbocycles. The van der Waals surface area contributed by atoms with Gasteiger partial charge < -0.3 is 15.0 Å². The van der Waals surface area contributed by atoms with Gasteiger partial charge in [0.2, 0.25) is 11.8 Å². The van der Waals surface area contributed by atoms with Crippen LogP contribution in [0.2, 0.25) is 0 Å². The summed E-state index contributed by atoms with van der Waals surface area (Å²) < 4.78 is 32.7.